The summed E-state index contributed by atoms with van der Waals surface area (Å²) in [5, 5.41) is 9.51. The Labute approximate surface area is 116 Å². The zero-order chi connectivity index (χ0) is 14.7. The summed E-state index contributed by atoms with van der Waals surface area (Å²) in [6, 6.07) is 7.31. The largest absolute Gasteiger partial charge is 0.491 e. The third-order valence-corrected chi connectivity index (χ3v) is 2.85. The molecule has 20 heavy (non-hydrogen) atoms. The van der Waals surface area contributed by atoms with Crippen LogP contribution in [0.5, 0.6) is 5.75 Å². The highest BCUT2D eigenvalue weighted by Crippen LogP contribution is 2.23. The molecule has 0 amide bonds. The third kappa shape index (κ3) is 3.17. The van der Waals surface area contributed by atoms with Crippen molar-refractivity contribution in [3.8, 4) is 5.75 Å². The fourth-order valence-electron chi connectivity index (χ4n) is 2.02. The first kappa shape index (κ1) is 14.1. The topological polar surface area (TPSA) is 68.5 Å². The van der Waals surface area contributed by atoms with Gasteiger partial charge < -0.3 is 9.84 Å². The maximum absolute atomic E-state index is 12.0. The lowest BCUT2D eigenvalue weighted by Crippen LogP contribution is -2.11. The standard InChI is InChI=1S/C15H17NO4/c1-10(2)20-12-3-4-13-11(9-12)7-8-16(13)14(17)5-6-15(18)19/h3-4,7-10H,5-6H2,1-2H3,(H,18,19). The molecule has 1 N–H and O–H groups in total. The molecule has 5 heteroatoms. The van der Waals surface area contributed by atoms with Gasteiger partial charge in [-0.2, -0.15) is 0 Å². The lowest BCUT2D eigenvalue weighted by molar-refractivity contribution is -0.136. The molecule has 0 saturated carbocycles. The van der Waals surface area contributed by atoms with Crippen LogP contribution in [0.15, 0.2) is 30.5 Å². The molecule has 1 aromatic carbocycles. The van der Waals surface area contributed by atoms with E-state index in [1.54, 1.807) is 6.20 Å². The van der Waals surface area contributed by atoms with Crippen LogP contribution < -0.4 is 4.74 Å². The van der Waals surface area contributed by atoms with Crippen LogP contribution in [0, 0.1) is 0 Å². The Hall–Kier alpha value is -2.30. The van der Waals surface area contributed by atoms with Gasteiger partial charge in [0.15, 0.2) is 0 Å². The molecule has 2 rings (SSSR count). The smallest absolute Gasteiger partial charge is 0.303 e. The quantitative estimate of drug-likeness (QED) is 0.911. The molecule has 0 fully saturated rings. The van der Waals surface area contributed by atoms with Crippen molar-refractivity contribution in [2.45, 2.75) is 32.8 Å². The van der Waals surface area contributed by atoms with Gasteiger partial charge in [0.2, 0.25) is 5.91 Å². The van der Waals surface area contributed by atoms with Crippen LogP contribution in [0.3, 0.4) is 0 Å². The highest BCUT2D eigenvalue weighted by atomic mass is 16.5. The van der Waals surface area contributed by atoms with Crippen LogP contribution in [-0.4, -0.2) is 27.7 Å². The van der Waals surface area contributed by atoms with Crippen LogP contribution in [0.2, 0.25) is 0 Å². The first-order chi connectivity index (χ1) is 9.47. The van der Waals surface area contributed by atoms with E-state index in [2.05, 4.69) is 0 Å². The fourth-order valence-corrected chi connectivity index (χ4v) is 2.02. The van der Waals surface area contributed by atoms with Gasteiger partial charge in [-0.1, -0.05) is 0 Å². The molecule has 106 valence electrons. The van der Waals surface area contributed by atoms with Crippen molar-refractivity contribution in [1.82, 2.24) is 4.57 Å². The van der Waals surface area contributed by atoms with Crippen molar-refractivity contribution in [2.24, 2.45) is 0 Å². The molecule has 0 aliphatic heterocycles. The van der Waals surface area contributed by atoms with E-state index in [4.69, 9.17) is 9.84 Å². The van der Waals surface area contributed by atoms with Gasteiger partial charge in [-0.25, -0.2) is 0 Å². The molecule has 0 spiro atoms. The second-order valence-corrected chi connectivity index (χ2v) is 4.86. The first-order valence-electron chi connectivity index (χ1n) is 6.50. The zero-order valence-corrected chi connectivity index (χ0v) is 11.5. The summed E-state index contributed by atoms with van der Waals surface area (Å²) in [6.45, 7) is 3.90. The molecular formula is C15H17NO4. The van der Waals surface area contributed by atoms with Crippen molar-refractivity contribution in [3.63, 3.8) is 0 Å². The third-order valence-electron chi connectivity index (χ3n) is 2.85. The number of aromatic nitrogens is 1. The van der Waals surface area contributed by atoms with Crippen molar-refractivity contribution in [3.05, 3.63) is 30.5 Å². The van der Waals surface area contributed by atoms with Crippen molar-refractivity contribution >= 4 is 22.8 Å². The highest BCUT2D eigenvalue weighted by molar-refractivity contribution is 5.94. The minimum Gasteiger partial charge on any atom is -0.491 e. The molecule has 2 aromatic rings. The predicted octanol–water partition coefficient (Wildman–Crippen LogP) is 2.93. The second-order valence-electron chi connectivity index (χ2n) is 4.86. The summed E-state index contributed by atoms with van der Waals surface area (Å²) < 4.78 is 7.08. The number of nitrogens with zero attached hydrogens (tertiary/aromatic N) is 1. The molecule has 0 aliphatic rings. The Morgan fingerprint density at radius 1 is 1.25 bits per heavy atom. The second kappa shape index (κ2) is 5.77. The Morgan fingerprint density at radius 3 is 2.65 bits per heavy atom. The van der Waals surface area contributed by atoms with Gasteiger partial charge >= 0.3 is 5.97 Å². The molecule has 0 saturated heterocycles. The van der Waals surface area contributed by atoms with Crippen LogP contribution in [0.4, 0.5) is 0 Å². The number of ether oxygens (including phenoxy) is 1. The van der Waals surface area contributed by atoms with Gasteiger partial charge in [0.25, 0.3) is 0 Å². The monoisotopic (exact) mass is 275 g/mol. The van der Waals surface area contributed by atoms with Gasteiger partial charge in [-0.15, -0.1) is 0 Å². The van der Waals surface area contributed by atoms with Gasteiger partial charge in [0.1, 0.15) is 5.75 Å². The van der Waals surface area contributed by atoms with Gasteiger partial charge in [0, 0.05) is 18.0 Å². The molecule has 0 radical (unpaired) electrons. The molecular weight excluding hydrogens is 258 g/mol. The van der Waals surface area contributed by atoms with E-state index < -0.39 is 5.97 Å². The summed E-state index contributed by atoms with van der Waals surface area (Å²) in [7, 11) is 0. The number of carboxylic acids is 1. The molecule has 0 bridgehead atoms. The normalized spacial score (nSPS) is 10.9. The number of rotatable bonds is 5. The zero-order valence-electron chi connectivity index (χ0n) is 11.5. The van der Waals surface area contributed by atoms with E-state index in [1.165, 1.54) is 4.57 Å². The first-order valence-corrected chi connectivity index (χ1v) is 6.50. The van der Waals surface area contributed by atoms with Crippen LogP contribution in [-0.2, 0) is 4.79 Å². The number of carbonyl (C=O) groups is 2. The highest BCUT2D eigenvalue weighted by Gasteiger charge is 2.11. The Kier molecular flexibility index (Phi) is 4.08. The van der Waals surface area contributed by atoms with E-state index in [-0.39, 0.29) is 24.9 Å². The Morgan fingerprint density at radius 2 is 2.00 bits per heavy atom. The molecule has 0 atom stereocenters. The minimum absolute atomic E-state index is 0.0106. The summed E-state index contributed by atoms with van der Waals surface area (Å²) >= 11 is 0. The molecule has 1 aromatic heterocycles. The van der Waals surface area contributed by atoms with E-state index in [9.17, 15) is 9.59 Å². The van der Waals surface area contributed by atoms with Crippen molar-refractivity contribution < 1.29 is 19.4 Å². The van der Waals surface area contributed by atoms with Gasteiger partial charge in [-0.05, 0) is 38.1 Å². The van der Waals surface area contributed by atoms with Gasteiger partial charge in [-0.3, -0.25) is 14.2 Å². The van der Waals surface area contributed by atoms with E-state index in [1.807, 2.05) is 38.1 Å². The molecule has 5 nitrogen and oxygen atoms in total. The molecule has 1 heterocycles. The van der Waals surface area contributed by atoms with Gasteiger partial charge in [0.05, 0.1) is 18.0 Å². The van der Waals surface area contributed by atoms with Crippen LogP contribution >= 0.6 is 0 Å². The average Bonchev–Trinajstić information content (AvgIpc) is 2.78. The van der Waals surface area contributed by atoms with Crippen LogP contribution in [0.25, 0.3) is 10.9 Å². The summed E-state index contributed by atoms with van der Waals surface area (Å²) in [4.78, 5) is 22.5. The number of carboxylic acid groups (broad SMARTS) is 1. The summed E-state index contributed by atoms with van der Waals surface area (Å²) in [6.07, 6.45) is 1.58. The van der Waals surface area contributed by atoms with E-state index in [0.717, 1.165) is 16.7 Å². The maximum atomic E-state index is 12.0. The summed E-state index contributed by atoms with van der Waals surface area (Å²) in [5.41, 5.74) is 0.761. The average molecular weight is 275 g/mol. The van der Waals surface area contributed by atoms with Crippen molar-refractivity contribution in [1.29, 1.82) is 0 Å². The lowest BCUT2D eigenvalue weighted by atomic mass is 10.2. The number of hydrogen-bond donors (Lipinski definition) is 1. The van der Waals surface area contributed by atoms with E-state index >= 15 is 0 Å². The van der Waals surface area contributed by atoms with Crippen molar-refractivity contribution in [2.75, 3.05) is 0 Å². The predicted molar refractivity (Wildman–Crippen MR) is 75.2 cm³/mol. The minimum atomic E-state index is -0.970. The summed E-state index contributed by atoms with van der Waals surface area (Å²) in [5.74, 6) is -0.439. The number of aliphatic carboxylic acids is 1. The Bertz CT molecular complexity index is 642. The van der Waals surface area contributed by atoms with Crippen LogP contribution in [0.1, 0.15) is 31.5 Å². The maximum Gasteiger partial charge on any atom is 0.303 e. The van der Waals surface area contributed by atoms with E-state index in [0.29, 0.717) is 0 Å². The SMILES string of the molecule is CC(C)Oc1ccc2c(ccn2C(=O)CCC(=O)O)c1. The molecule has 0 unspecified atom stereocenters. The number of carbonyl (C=O) groups excluding carboxylic acids is 1. The number of fused-ring (bicyclic) bond motifs is 1. The fraction of sp³-hybridized carbons (Fsp3) is 0.333. The Balaban J connectivity index is 2.24. The number of hydrogen-bond acceptors (Lipinski definition) is 3. The molecule has 0 aliphatic carbocycles. The number of benzene rings is 1. The lowest BCUT2D eigenvalue weighted by Gasteiger charge is -2.10.